The SMILES string of the molecule is C=C(C)CCNc1cc(C(F)(F)F)ccc1Br. The molecule has 0 saturated heterocycles. The van der Waals surface area contributed by atoms with Crippen LogP contribution >= 0.6 is 15.9 Å². The van der Waals surface area contributed by atoms with E-state index in [9.17, 15) is 13.2 Å². The Hall–Kier alpha value is -0.970. The van der Waals surface area contributed by atoms with Crippen molar-refractivity contribution < 1.29 is 13.2 Å². The van der Waals surface area contributed by atoms with Crippen molar-refractivity contribution in [1.82, 2.24) is 0 Å². The van der Waals surface area contributed by atoms with E-state index in [1.54, 1.807) is 0 Å². The van der Waals surface area contributed by atoms with Crippen LogP contribution in [0.1, 0.15) is 18.9 Å². The molecule has 17 heavy (non-hydrogen) atoms. The molecule has 0 atom stereocenters. The Labute approximate surface area is 107 Å². The summed E-state index contributed by atoms with van der Waals surface area (Å²) >= 11 is 3.21. The first-order chi connectivity index (χ1) is 7.80. The van der Waals surface area contributed by atoms with Crippen LogP contribution in [0.25, 0.3) is 0 Å². The summed E-state index contributed by atoms with van der Waals surface area (Å²) < 4.78 is 38.1. The van der Waals surface area contributed by atoms with Gasteiger partial charge in [-0.05, 0) is 47.5 Å². The molecule has 1 N–H and O–H groups in total. The van der Waals surface area contributed by atoms with E-state index in [1.807, 2.05) is 6.92 Å². The highest BCUT2D eigenvalue weighted by molar-refractivity contribution is 9.10. The summed E-state index contributed by atoms with van der Waals surface area (Å²) in [7, 11) is 0. The molecule has 0 aliphatic carbocycles. The summed E-state index contributed by atoms with van der Waals surface area (Å²) in [5.41, 5.74) is 0.778. The molecule has 1 nitrogen and oxygen atoms in total. The molecule has 0 heterocycles. The Bertz CT molecular complexity index is 413. The van der Waals surface area contributed by atoms with Crippen LogP contribution in [0.4, 0.5) is 18.9 Å². The van der Waals surface area contributed by atoms with E-state index in [1.165, 1.54) is 6.07 Å². The van der Waals surface area contributed by atoms with Crippen molar-refractivity contribution in [3.8, 4) is 0 Å². The minimum absolute atomic E-state index is 0.445. The highest BCUT2D eigenvalue weighted by Crippen LogP contribution is 2.33. The fourth-order valence-corrected chi connectivity index (χ4v) is 1.63. The average Bonchev–Trinajstić information content (AvgIpc) is 2.18. The lowest BCUT2D eigenvalue weighted by atomic mass is 10.2. The van der Waals surface area contributed by atoms with Crippen LogP contribution in [-0.4, -0.2) is 6.54 Å². The number of hydrogen-bond acceptors (Lipinski definition) is 1. The van der Waals surface area contributed by atoms with Crippen LogP contribution in [0.5, 0.6) is 0 Å². The fourth-order valence-electron chi connectivity index (χ4n) is 1.25. The Morgan fingerprint density at radius 3 is 2.59 bits per heavy atom. The van der Waals surface area contributed by atoms with Crippen molar-refractivity contribution in [3.63, 3.8) is 0 Å². The summed E-state index contributed by atoms with van der Waals surface area (Å²) in [6, 6.07) is 3.54. The molecule has 0 amide bonds. The van der Waals surface area contributed by atoms with Crippen LogP contribution < -0.4 is 5.32 Å². The second-order valence-electron chi connectivity index (χ2n) is 3.83. The topological polar surface area (TPSA) is 12.0 Å². The molecule has 0 radical (unpaired) electrons. The van der Waals surface area contributed by atoms with Crippen molar-refractivity contribution in [2.45, 2.75) is 19.5 Å². The van der Waals surface area contributed by atoms with Gasteiger partial charge in [-0.3, -0.25) is 0 Å². The number of alkyl halides is 3. The van der Waals surface area contributed by atoms with E-state index in [-0.39, 0.29) is 0 Å². The van der Waals surface area contributed by atoms with Crippen LogP contribution in [0.15, 0.2) is 34.8 Å². The quantitative estimate of drug-likeness (QED) is 0.784. The molecule has 1 rings (SSSR count). The van der Waals surface area contributed by atoms with Gasteiger partial charge in [0.05, 0.1) is 5.56 Å². The Kier molecular flexibility index (Phi) is 4.62. The number of hydrogen-bond donors (Lipinski definition) is 1. The summed E-state index contributed by atoms with van der Waals surface area (Å²) in [5, 5.41) is 2.95. The minimum atomic E-state index is -4.31. The monoisotopic (exact) mass is 307 g/mol. The standard InChI is InChI=1S/C12H13BrF3N/c1-8(2)5-6-17-11-7-9(12(14,15)16)3-4-10(11)13/h3-4,7,17H,1,5-6H2,2H3. The molecule has 0 bridgehead atoms. The normalized spacial score (nSPS) is 11.4. The maximum atomic E-state index is 12.5. The van der Waals surface area contributed by atoms with E-state index in [4.69, 9.17) is 0 Å². The first-order valence-electron chi connectivity index (χ1n) is 5.05. The Morgan fingerprint density at radius 1 is 1.41 bits per heavy atom. The van der Waals surface area contributed by atoms with E-state index in [2.05, 4.69) is 27.8 Å². The van der Waals surface area contributed by atoms with Crippen molar-refractivity contribution in [1.29, 1.82) is 0 Å². The van der Waals surface area contributed by atoms with E-state index in [0.29, 0.717) is 16.7 Å². The molecule has 94 valence electrons. The first-order valence-corrected chi connectivity index (χ1v) is 5.85. The van der Waals surface area contributed by atoms with Gasteiger partial charge in [-0.2, -0.15) is 13.2 Å². The smallest absolute Gasteiger partial charge is 0.384 e. The van der Waals surface area contributed by atoms with E-state index >= 15 is 0 Å². The second kappa shape index (κ2) is 5.58. The molecule has 0 unspecified atom stereocenters. The number of rotatable bonds is 4. The maximum absolute atomic E-state index is 12.5. The second-order valence-corrected chi connectivity index (χ2v) is 4.68. The van der Waals surface area contributed by atoms with Gasteiger partial charge in [-0.15, -0.1) is 6.58 Å². The lowest BCUT2D eigenvalue weighted by Crippen LogP contribution is -2.07. The molecule has 5 heteroatoms. The highest BCUT2D eigenvalue weighted by Gasteiger charge is 2.30. The average molecular weight is 308 g/mol. The van der Waals surface area contributed by atoms with E-state index < -0.39 is 11.7 Å². The third kappa shape index (κ3) is 4.42. The molecule has 1 aromatic rings. The Balaban J connectivity index is 2.80. The number of nitrogens with one attached hydrogen (secondary N) is 1. The molecule has 0 fully saturated rings. The van der Waals surface area contributed by atoms with Crippen molar-refractivity contribution in [2.75, 3.05) is 11.9 Å². The number of halogens is 4. The van der Waals surface area contributed by atoms with Gasteiger partial charge >= 0.3 is 6.18 Å². The van der Waals surface area contributed by atoms with Crippen molar-refractivity contribution in [3.05, 3.63) is 40.4 Å². The van der Waals surface area contributed by atoms with Gasteiger partial charge in [0, 0.05) is 16.7 Å². The number of anilines is 1. The van der Waals surface area contributed by atoms with Crippen LogP contribution in [0.2, 0.25) is 0 Å². The summed E-state index contributed by atoms with van der Waals surface area (Å²) in [4.78, 5) is 0. The number of benzene rings is 1. The lowest BCUT2D eigenvalue weighted by molar-refractivity contribution is -0.137. The van der Waals surface area contributed by atoms with E-state index in [0.717, 1.165) is 24.1 Å². The highest BCUT2D eigenvalue weighted by atomic mass is 79.9. The zero-order valence-electron chi connectivity index (χ0n) is 9.37. The third-order valence-corrected chi connectivity index (χ3v) is 2.85. The van der Waals surface area contributed by atoms with Gasteiger partial charge in [-0.25, -0.2) is 0 Å². The van der Waals surface area contributed by atoms with Gasteiger partial charge < -0.3 is 5.32 Å². The van der Waals surface area contributed by atoms with Gasteiger partial charge in [0.15, 0.2) is 0 Å². The Morgan fingerprint density at radius 2 is 2.06 bits per heavy atom. The molecule has 0 aliphatic rings. The van der Waals surface area contributed by atoms with Gasteiger partial charge in [0.25, 0.3) is 0 Å². The maximum Gasteiger partial charge on any atom is 0.416 e. The molecule has 0 saturated carbocycles. The molecular weight excluding hydrogens is 295 g/mol. The van der Waals surface area contributed by atoms with Crippen molar-refractivity contribution >= 4 is 21.6 Å². The zero-order chi connectivity index (χ0) is 13.1. The van der Waals surface area contributed by atoms with Crippen LogP contribution in [0, 0.1) is 0 Å². The molecule has 0 aromatic heterocycles. The largest absolute Gasteiger partial charge is 0.416 e. The summed E-state index contributed by atoms with van der Waals surface area (Å²) in [6.45, 7) is 6.18. The zero-order valence-corrected chi connectivity index (χ0v) is 11.0. The van der Waals surface area contributed by atoms with Gasteiger partial charge in [-0.1, -0.05) is 5.57 Å². The molecule has 0 spiro atoms. The molecule has 1 aromatic carbocycles. The van der Waals surface area contributed by atoms with Crippen LogP contribution in [-0.2, 0) is 6.18 Å². The molecule has 0 aliphatic heterocycles. The van der Waals surface area contributed by atoms with Crippen LogP contribution in [0.3, 0.4) is 0 Å². The summed E-state index contributed by atoms with van der Waals surface area (Å²) in [6.07, 6.45) is -3.59. The molecular formula is C12H13BrF3N. The van der Waals surface area contributed by atoms with Gasteiger partial charge in [0.1, 0.15) is 0 Å². The first kappa shape index (κ1) is 14.1. The minimum Gasteiger partial charge on any atom is -0.384 e. The predicted molar refractivity (Wildman–Crippen MR) is 67.1 cm³/mol. The predicted octanol–water partition coefficient (Wildman–Crippen LogP) is 4.85. The lowest BCUT2D eigenvalue weighted by Gasteiger charge is -2.12. The summed E-state index contributed by atoms with van der Waals surface area (Å²) in [5.74, 6) is 0. The third-order valence-electron chi connectivity index (χ3n) is 2.16. The van der Waals surface area contributed by atoms with Crippen molar-refractivity contribution in [2.24, 2.45) is 0 Å². The van der Waals surface area contributed by atoms with Gasteiger partial charge in [0.2, 0.25) is 0 Å². The fraction of sp³-hybridized carbons (Fsp3) is 0.333.